The molecule has 1 N–H and O–H groups in total. The number of nitrogens with one attached hydrogen (secondary N) is 1. The molecular formula is C10H17NS. The van der Waals surface area contributed by atoms with Gasteiger partial charge in [-0.15, -0.1) is 0 Å². The minimum absolute atomic E-state index is 1.10. The van der Waals surface area contributed by atoms with Crippen molar-refractivity contribution in [1.82, 2.24) is 4.72 Å². The lowest BCUT2D eigenvalue weighted by Crippen LogP contribution is -1.90. The lowest BCUT2D eigenvalue weighted by Gasteiger charge is -1.97. The first-order valence-electron chi connectivity index (χ1n) is 4.08. The van der Waals surface area contributed by atoms with Gasteiger partial charge in [0.15, 0.2) is 0 Å². The first kappa shape index (κ1) is 11.5. The first-order chi connectivity index (χ1) is 5.74. The van der Waals surface area contributed by atoms with Crippen LogP contribution < -0.4 is 4.72 Å². The van der Waals surface area contributed by atoms with Crippen molar-refractivity contribution in [2.45, 2.75) is 20.3 Å². The lowest BCUT2D eigenvalue weighted by molar-refractivity contribution is 1.10. The molecule has 0 aliphatic heterocycles. The molecule has 1 nitrogen and oxygen atoms in total. The maximum atomic E-state index is 3.73. The summed E-state index contributed by atoms with van der Waals surface area (Å²) < 4.78 is 3.01. The average molecular weight is 183 g/mol. The molecular weight excluding hydrogens is 166 g/mol. The topological polar surface area (TPSA) is 12.0 Å². The predicted molar refractivity (Wildman–Crippen MR) is 59.0 cm³/mol. The van der Waals surface area contributed by atoms with E-state index < -0.39 is 0 Å². The van der Waals surface area contributed by atoms with Crippen LogP contribution in [0.1, 0.15) is 20.3 Å². The molecule has 0 aliphatic carbocycles. The Hall–Kier alpha value is -0.470. The second-order valence-corrected chi connectivity index (χ2v) is 3.53. The molecule has 0 saturated carbocycles. The van der Waals surface area contributed by atoms with Gasteiger partial charge in [-0.25, -0.2) is 0 Å². The fraction of sp³-hybridized carbons (Fsp3) is 0.400. The van der Waals surface area contributed by atoms with E-state index >= 15 is 0 Å². The van der Waals surface area contributed by atoms with Gasteiger partial charge >= 0.3 is 0 Å². The van der Waals surface area contributed by atoms with Crippen LogP contribution in [0.25, 0.3) is 0 Å². The third-order valence-corrected chi connectivity index (χ3v) is 2.25. The van der Waals surface area contributed by atoms with E-state index in [0.717, 1.165) is 11.3 Å². The van der Waals surface area contributed by atoms with Crippen LogP contribution in [0.15, 0.2) is 35.3 Å². The second kappa shape index (κ2) is 7.19. The van der Waals surface area contributed by atoms with Crippen LogP contribution in [0.3, 0.4) is 0 Å². The van der Waals surface area contributed by atoms with Gasteiger partial charge in [0.25, 0.3) is 0 Å². The van der Waals surface area contributed by atoms with Crippen LogP contribution in [0.2, 0.25) is 0 Å². The third kappa shape index (κ3) is 5.22. The zero-order chi connectivity index (χ0) is 9.40. The monoisotopic (exact) mass is 183 g/mol. The smallest absolute Gasteiger partial charge is 0.0222 e. The van der Waals surface area contributed by atoms with Gasteiger partial charge in [-0.1, -0.05) is 31.2 Å². The molecule has 0 aliphatic rings. The first-order valence-corrected chi connectivity index (χ1v) is 4.89. The SMILES string of the molecule is C=C/C(=C\C=C(\C)CC)SNC. The van der Waals surface area contributed by atoms with Gasteiger partial charge in [-0.05, 0) is 38.4 Å². The average Bonchev–Trinajstić information content (AvgIpc) is 2.11. The number of hydrogen-bond donors (Lipinski definition) is 1. The quantitative estimate of drug-likeness (QED) is 0.518. The van der Waals surface area contributed by atoms with E-state index in [-0.39, 0.29) is 0 Å². The van der Waals surface area contributed by atoms with Crippen molar-refractivity contribution in [3.63, 3.8) is 0 Å². The Balaban J connectivity index is 4.18. The highest BCUT2D eigenvalue weighted by Crippen LogP contribution is 2.12. The molecule has 2 heteroatoms. The van der Waals surface area contributed by atoms with Crippen molar-refractivity contribution >= 4 is 11.9 Å². The van der Waals surface area contributed by atoms with Gasteiger partial charge in [-0.2, -0.15) is 0 Å². The van der Waals surface area contributed by atoms with Crippen LogP contribution in [0, 0.1) is 0 Å². The Labute approximate surface area is 79.8 Å². The summed E-state index contributed by atoms with van der Waals surface area (Å²) in [6.45, 7) is 8.00. The Bertz CT molecular complexity index is 192. The van der Waals surface area contributed by atoms with Crippen LogP contribution in [0.4, 0.5) is 0 Å². The molecule has 0 radical (unpaired) electrons. The summed E-state index contributed by atoms with van der Waals surface area (Å²) in [5, 5.41) is 0. The molecule has 0 heterocycles. The molecule has 0 saturated heterocycles. The summed E-state index contributed by atoms with van der Waals surface area (Å²) >= 11 is 1.58. The summed E-state index contributed by atoms with van der Waals surface area (Å²) in [7, 11) is 1.90. The van der Waals surface area contributed by atoms with Gasteiger partial charge in [0, 0.05) is 4.91 Å². The van der Waals surface area contributed by atoms with Crippen molar-refractivity contribution in [2.75, 3.05) is 7.05 Å². The molecule has 0 bridgehead atoms. The van der Waals surface area contributed by atoms with Crippen molar-refractivity contribution in [1.29, 1.82) is 0 Å². The lowest BCUT2D eigenvalue weighted by atomic mass is 10.2. The molecule has 0 fully saturated rings. The van der Waals surface area contributed by atoms with Crippen molar-refractivity contribution in [3.05, 3.63) is 35.3 Å². The van der Waals surface area contributed by atoms with Crippen LogP contribution in [0.5, 0.6) is 0 Å². The molecule has 68 valence electrons. The van der Waals surface area contributed by atoms with E-state index in [4.69, 9.17) is 0 Å². The minimum Gasteiger partial charge on any atom is -0.263 e. The Kier molecular flexibility index (Phi) is 6.91. The van der Waals surface area contributed by atoms with Gasteiger partial charge < -0.3 is 0 Å². The summed E-state index contributed by atoms with van der Waals surface area (Å²) in [5.74, 6) is 0. The molecule has 0 unspecified atom stereocenters. The number of allylic oxidation sites excluding steroid dienone is 4. The highest BCUT2D eigenvalue weighted by atomic mass is 32.2. The summed E-state index contributed by atoms with van der Waals surface area (Å²) in [6.07, 6.45) is 7.15. The third-order valence-electron chi connectivity index (χ3n) is 1.51. The summed E-state index contributed by atoms with van der Waals surface area (Å²) in [4.78, 5) is 1.14. The normalized spacial score (nSPS) is 13.2. The molecule has 0 aromatic rings. The van der Waals surface area contributed by atoms with E-state index in [1.54, 1.807) is 11.9 Å². The molecule has 0 spiro atoms. The standard InChI is InChI=1S/C10H17NS/c1-5-9(3)7-8-10(6-2)12-11-4/h6-8,11H,2,5H2,1,3-4H3/b9-7-,10-8+. The summed E-state index contributed by atoms with van der Waals surface area (Å²) in [5.41, 5.74) is 1.38. The van der Waals surface area contributed by atoms with E-state index in [2.05, 4.69) is 37.3 Å². The molecule has 0 amide bonds. The van der Waals surface area contributed by atoms with Crippen molar-refractivity contribution in [3.8, 4) is 0 Å². The van der Waals surface area contributed by atoms with Gasteiger partial charge in [0.05, 0.1) is 0 Å². The van der Waals surface area contributed by atoms with E-state index in [9.17, 15) is 0 Å². The Morgan fingerprint density at radius 2 is 2.17 bits per heavy atom. The van der Waals surface area contributed by atoms with E-state index in [1.165, 1.54) is 5.57 Å². The zero-order valence-electron chi connectivity index (χ0n) is 8.05. The largest absolute Gasteiger partial charge is 0.263 e. The fourth-order valence-corrected chi connectivity index (χ4v) is 1.06. The van der Waals surface area contributed by atoms with E-state index in [0.29, 0.717) is 0 Å². The van der Waals surface area contributed by atoms with Crippen LogP contribution in [-0.4, -0.2) is 7.05 Å². The fourth-order valence-electron chi connectivity index (χ4n) is 0.604. The Morgan fingerprint density at radius 3 is 2.58 bits per heavy atom. The van der Waals surface area contributed by atoms with Crippen LogP contribution in [-0.2, 0) is 0 Å². The second-order valence-electron chi connectivity index (χ2n) is 2.45. The van der Waals surface area contributed by atoms with Crippen molar-refractivity contribution < 1.29 is 0 Å². The highest BCUT2D eigenvalue weighted by molar-refractivity contribution is 8.01. The highest BCUT2D eigenvalue weighted by Gasteiger charge is 1.87. The van der Waals surface area contributed by atoms with Gasteiger partial charge in [0.2, 0.25) is 0 Å². The number of rotatable bonds is 5. The minimum atomic E-state index is 1.10. The molecule has 0 rings (SSSR count). The molecule has 0 aromatic heterocycles. The zero-order valence-corrected chi connectivity index (χ0v) is 8.87. The summed E-state index contributed by atoms with van der Waals surface area (Å²) in [6, 6.07) is 0. The van der Waals surface area contributed by atoms with Gasteiger partial charge in [0.1, 0.15) is 0 Å². The van der Waals surface area contributed by atoms with Crippen molar-refractivity contribution in [2.24, 2.45) is 0 Å². The molecule has 0 aromatic carbocycles. The molecule has 12 heavy (non-hydrogen) atoms. The van der Waals surface area contributed by atoms with E-state index in [1.807, 2.05) is 13.1 Å². The van der Waals surface area contributed by atoms with Crippen LogP contribution >= 0.6 is 11.9 Å². The maximum absolute atomic E-state index is 3.73. The molecule has 0 atom stereocenters. The predicted octanol–water partition coefficient (Wildman–Crippen LogP) is 3.28. The van der Waals surface area contributed by atoms with Gasteiger partial charge in [-0.3, -0.25) is 4.72 Å². The maximum Gasteiger partial charge on any atom is 0.0222 e. The Morgan fingerprint density at radius 1 is 1.50 bits per heavy atom. The number of hydrogen-bond acceptors (Lipinski definition) is 2.